The molecular formula is C15H20FNO. The second-order valence-corrected chi connectivity index (χ2v) is 4.93. The summed E-state index contributed by atoms with van der Waals surface area (Å²) in [4.78, 5) is 14.3. The molecule has 2 rings (SSSR count). The van der Waals surface area contributed by atoms with Gasteiger partial charge in [0.1, 0.15) is 5.82 Å². The molecule has 0 aromatic heterocycles. The quantitative estimate of drug-likeness (QED) is 0.763. The number of carbonyl (C=O) groups is 1. The Hall–Kier alpha value is -1.22. The van der Waals surface area contributed by atoms with Crippen LogP contribution >= 0.6 is 0 Å². The van der Waals surface area contributed by atoms with Gasteiger partial charge in [0, 0.05) is 6.04 Å². The van der Waals surface area contributed by atoms with Crippen molar-refractivity contribution in [3.05, 3.63) is 35.6 Å². The number of carbonyl (C=O) groups excluding carboxylic acids is 1. The third kappa shape index (κ3) is 2.96. The van der Waals surface area contributed by atoms with Gasteiger partial charge in [0.2, 0.25) is 0 Å². The topological polar surface area (TPSA) is 20.3 Å². The highest BCUT2D eigenvalue weighted by molar-refractivity contribution is 5.97. The Balaban J connectivity index is 2.04. The molecule has 0 amide bonds. The van der Waals surface area contributed by atoms with E-state index in [1.54, 1.807) is 18.2 Å². The van der Waals surface area contributed by atoms with E-state index in [-0.39, 0.29) is 11.3 Å². The average Bonchev–Trinajstić information content (AvgIpc) is 2.39. The van der Waals surface area contributed by atoms with Gasteiger partial charge in [0.15, 0.2) is 5.78 Å². The molecule has 0 saturated carbocycles. The summed E-state index contributed by atoms with van der Waals surface area (Å²) in [5.74, 6) is -0.513. The van der Waals surface area contributed by atoms with Gasteiger partial charge >= 0.3 is 0 Å². The van der Waals surface area contributed by atoms with Gasteiger partial charge in [-0.05, 0) is 37.9 Å². The number of likely N-dealkylation sites (tertiary alicyclic amines) is 1. The van der Waals surface area contributed by atoms with Crippen LogP contribution in [0.5, 0.6) is 0 Å². The first kappa shape index (κ1) is 13.2. The summed E-state index contributed by atoms with van der Waals surface area (Å²) in [6.07, 6.45) is 4.59. The Kier molecular flexibility index (Phi) is 4.48. The molecule has 3 heteroatoms. The SMILES string of the molecule is CC[C@@H]1CCCCN1CC(=O)c1ccccc1F. The van der Waals surface area contributed by atoms with E-state index in [0.29, 0.717) is 12.6 Å². The number of hydrogen-bond donors (Lipinski definition) is 0. The van der Waals surface area contributed by atoms with Gasteiger partial charge in [-0.2, -0.15) is 0 Å². The molecule has 0 aliphatic carbocycles. The smallest absolute Gasteiger partial charge is 0.179 e. The van der Waals surface area contributed by atoms with E-state index in [9.17, 15) is 9.18 Å². The van der Waals surface area contributed by atoms with E-state index >= 15 is 0 Å². The Labute approximate surface area is 108 Å². The number of rotatable bonds is 4. The van der Waals surface area contributed by atoms with Crippen LogP contribution in [0.25, 0.3) is 0 Å². The number of nitrogens with zero attached hydrogens (tertiary/aromatic N) is 1. The Morgan fingerprint density at radius 3 is 2.89 bits per heavy atom. The zero-order chi connectivity index (χ0) is 13.0. The number of ketones is 1. The van der Waals surface area contributed by atoms with Gasteiger partial charge in [0.25, 0.3) is 0 Å². The van der Waals surface area contributed by atoms with Crippen LogP contribution in [0.3, 0.4) is 0 Å². The van der Waals surface area contributed by atoms with Gasteiger partial charge in [-0.1, -0.05) is 25.5 Å². The van der Waals surface area contributed by atoms with Crippen molar-refractivity contribution in [1.29, 1.82) is 0 Å². The molecule has 18 heavy (non-hydrogen) atoms. The predicted molar refractivity (Wildman–Crippen MR) is 70.2 cm³/mol. The first-order valence-corrected chi connectivity index (χ1v) is 6.74. The molecule has 1 aliphatic heterocycles. The number of benzene rings is 1. The molecule has 0 bridgehead atoms. The van der Waals surface area contributed by atoms with E-state index in [1.807, 2.05) is 0 Å². The van der Waals surface area contributed by atoms with Crippen molar-refractivity contribution in [3.63, 3.8) is 0 Å². The van der Waals surface area contributed by atoms with Gasteiger partial charge < -0.3 is 0 Å². The molecule has 1 fully saturated rings. The third-order valence-corrected chi connectivity index (χ3v) is 3.74. The van der Waals surface area contributed by atoms with E-state index in [2.05, 4.69) is 11.8 Å². The fourth-order valence-electron chi connectivity index (χ4n) is 2.69. The minimum absolute atomic E-state index is 0.103. The number of halogens is 1. The normalized spacial score (nSPS) is 20.9. The lowest BCUT2D eigenvalue weighted by Crippen LogP contribution is -2.42. The molecule has 2 nitrogen and oxygen atoms in total. The maximum atomic E-state index is 13.5. The number of hydrogen-bond acceptors (Lipinski definition) is 2. The van der Waals surface area contributed by atoms with Crippen LogP contribution in [0.15, 0.2) is 24.3 Å². The molecule has 1 atom stereocenters. The lowest BCUT2D eigenvalue weighted by atomic mass is 9.99. The average molecular weight is 249 g/mol. The molecule has 0 N–H and O–H groups in total. The lowest BCUT2D eigenvalue weighted by molar-refractivity contribution is 0.0834. The van der Waals surface area contributed by atoms with E-state index in [1.165, 1.54) is 12.5 Å². The van der Waals surface area contributed by atoms with Gasteiger partial charge in [0.05, 0.1) is 12.1 Å². The minimum Gasteiger partial charge on any atom is -0.293 e. The summed E-state index contributed by atoms with van der Waals surface area (Å²) >= 11 is 0. The molecule has 1 aliphatic rings. The number of piperidine rings is 1. The van der Waals surface area contributed by atoms with Crippen LogP contribution in [0.2, 0.25) is 0 Å². The fourth-order valence-corrected chi connectivity index (χ4v) is 2.69. The molecule has 1 aromatic rings. The molecule has 98 valence electrons. The van der Waals surface area contributed by atoms with Crippen LogP contribution in [0.4, 0.5) is 4.39 Å². The summed E-state index contributed by atoms with van der Waals surface area (Å²) in [6, 6.07) is 6.73. The maximum absolute atomic E-state index is 13.5. The van der Waals surface area contributed by atoms with E-state index in [4.69, 9.17) is 0 Å². The van der Waals surface area contributed by atoms with E-state index in [0.717, 1.165) is 25.8 Å². The van der Waals surface area contributed by atoms with Crippen molar-refractivity contribution in [2.75, 3.05) is 13.1 Å². The third-order valence-electron chi connectivity index (χ3n) is 3.74. The van der Waals surface area contributed by atoms with Crippen molar-refractivity contribution >= 4 is 5.78 Å². The summed E-state index contributed by atoms with van der Waals surface area (Å²) in [5, 5.41) is 0. The van der Waals surface area contributed by atoms with Crippen molar-refractivity contribution in [3.8, 4) is 0 Å². The Bertz CT molecular complexity index is 419. The van der Waals surface area contributed by atoms with Crippen LogP contribution in [0.1, 0.15) is 43.0 Å². The largest absolute Gasteiger partial charge is 0.293 e. The van der Waals surface area contributed by atoms with Crippen molar-refractivity contribution in [2.45, 2.75) is 38.6 Å². The molecule has 1 heterocycles. The van der Waals surface area contributed by atoms with Gasteiger partial charge in [-0.3, -0.25) is 9.69 Å². The second kappa shape index (κ2) is 6.10. The van der Waals surface area contributed by atoms with Gasteiger partial charge in [-0.15, -0.1) is 0 Å². The van der Waals surface area contributed by atoms with Crippen molar-refractivity contribution < 1.29 is 9.18 Å². The highest BCUT2D eigenvalue weighted by Gasteiger charge is 2.23. The molecule has 0 radical (unpaired) electrons. The summed E-state index contributed by atoms with van der Waals surface area (Å²) in [7, 11) is 0. The van der Waals surface area contributed by atoms with Crippen molar-refractivity contribution in [1.82, 2.24) is 4.90 Å². The monoisotopic (exact) mass is 249 g/mol. The fraction of sp³-hybridized carbons (Fsp3) is 0.533. The van der Waals surface area contributed by atoms with E-state index < -0.39 is 5.82 Å². The summed E-state index contributed by atoms with van der Waals surface area (Å²) in [5.41, 5.74) is 0.220. The van der Waals surface area contributed by atoms with Gasteiger partial charge in [-0.25, -0.2) is 4.39 Å². The second-order valence-electron chi connectivity index (χ2n) is 4.93. The van der Waals surface area contributed by atoms with Crippen molar-refractivity contribution in [2.24, 2.45) is 0 Å². The highest BCUT2D eigenvalue weighted by atomic mass is 19.1. The van der Waals surface area contributed by atoms with Crippen LogP contribution < -0.4 is 0 Å². The summed E-state index contributed by atoms with van der Waals surface area (Å²) in [6.45, 7) is 3.45. The highest BCUT2D eigenvalue weighted by Crippen LogP contribution is 2.20. The molecular weight excluding hydrogens is 229 g/mol. The molecule has 1 saturated heterocycles. The Morgan fingerprint density at radius 1 is 1.39 bits per heavy atom. The molecule has 0 spiro atoms. The first-order chi connectivity index (χ1) is 8.72. The van der Waals surface area contributed by atoms with Crippen LogP contribution in [0, 0.1) is 5.82 Å². The van der Waals surface area contributed by atoms with Crippen LogP contribution in [-0.4, -0.2) is 29.8 Å². The molecule has 1 aromatic carbocycles. The lowest BCUT2D eigenvalue weighted by Gasteiger charge is -2.34. The Morgan fingerprint density at radius 2 is 2.17 bits per heavy atom. The van der Waals surface area contributed by atoms with Crippen LogP contribution in [-0.2, 0) is 0 Å². The molecule has 0 unspecified atom stereocenters. The zero-order valence-electron chi connectivity index (χ0n) is 10.9. The number of Topliss-reactive ketones (excluding diaryl/α,β-unsaturated/α-hetero) is 1. The predicted octanol–water partition coefficient (Wildman–Crippen LogP) is 3.27. The summed E-state index contributed by atoms with van der Waals surface area (Å²) < 4.78 is 13.5. The first-order valence-electron chi connectivity index (χ1n) is 6.74. The zero-order valence-corrected chi connectivity index (χ0v) is 10.9. The maximum Gasteiger partial charge on any atom is 0.179 e. The standard InChI is InChI=1S/C15H20FNO/c1-2-12-7-5-6-10-17(12)11-15(18)13-8-3-4-9-14(13)16/h3-4,8-9,12H,2,5-7,10-11H2,1H3/t12-/m1/s1. The minimum atomic E-state index is -0.410.